The molecular weight excluding hydrogens is 500 g/mol. The molecule has 4 rings (SSSR count). The topological polar surface area (TPSA) is 69.9 Å². The third kappa shape index (κ3) is 4.61. The Morgan fingerprint density at radius 3 is 2.33 bits per heavy atom. The lowest BCUT2D eigenvalue weighted by atomic mass is 9.98. The number of amides is 3. The van der Waals surface area contributed by atoms with Crippen LogP contribution in [0.25, 0.3) is 0 Å². The molecule has 3 aromatic carbocycles. The number of fused-ring (bicyclic) bond motifs is 1. The van der Waals surface area contributed by atoms with Crippen LogP contribution in [-0.4, -0.2) is 28.9 Å². The SMILES string of the molecule is CC1c2ccc(C(=O)N(N)Cc3c(F)cc(F)cc3F)cc2N(Cc2c(F)cccc2Cl)C(=O)N1C. The van der Waals surface area contributed by atoms with Gasteiger partial charge >= 0.3 is 6.03 Å². The van der Waals surface area contributed by atoms with Gasteiger partial charge in [0.25, 0.3) is 5.91 Å². The molecule has 0 saturated carbocycles. The van der Waals surface area contributed by atoms with Crippen molar-refractivity contribution in [2.45, 2.75) is 26.1 Å². The molecule has 6 nitrogen and oxygen atoms in total. The highest BCUT2D eigenvalue weighted by molar-refractivity contribution is 6.31. The summed E-state index contributed by atoms with van der Waals surface area (Å²) in [6, 6.07) is 8.84. The van der Waals surface area contributed by atoms with E-state index in [1.165, 1.54) is 40.1 Å². The van der Waals surface area contributed by atoms with Crippen LogP contribution in [0.1, 0.15) is 40.0 Å². The van der Waals surface area contributed by atoms with E-state index in [2.05, 4.69) is 0 Å². The Hall–Kier alpha value is -3.63. The number of hydrazine groups is 1. The monoisotopic (exact) mass is 520 g/mol. The fourth-order valence-electron chi connectivity index (χ4n) is 4.06. The molecule has 2 N–H and O–H groups in total. The Balaban J connectivity index is 1.69. The molecule has 1 heterocycles. The van der Waals surface area contributed by atoms with Gasteiger partial charge in [0.1, 0.15) is 23.3 Å². The van der Waals surface area contributed by atoms with Gasteiger partial charge in [-0.2, -0.15) is 0 Å². The number of nitrogens with zero attached hydrogens (tertiary/aromatic N) is 3. The van der Waals surface area contributed by atoms with Gasteiger partial charge in [0.05, 0.1) is 24.8 Å². The fraction of sp³-hybridized carbons (Fsp3) is 0.200. The quantitative estimate of drug-likeness (QED) is 0.208. The zero-order chi connectivity index (χ0) is 26.3. The van der Waals surface area contributed by atoms with Crippen LogP contribution in [0.15, 0.2) is 48.5 Å². The molecule has 1 atom stereocenters. The highest BCUT2D eigenvalue weighted by atomic mass is 35.5. The van der Waals surface area contributed by atoms with Gasteiger partial charge in [-0.05, 0) is 36.8 Å². The maximum absolute atomic E-state index is 14.5. The Labute approximate surface area is 209 Å². The molecule has 11 heteroatoms. The van der Waals surface area contributed by atoms with E-state index in [0.29, 0.717) is 28.4 Å². The van der Waals surface area contributed by atoms with Crippen molar-refractivity contribution in [2.75, 3.05) is 11.9 Å². The van der Waals surface area contributed by atoms with Crippen molar-refractivity contribution in [1.82, 2.24) is 9.91 Å². The molecule has 1 aliphatic heterocycles. The number of hydrogen-bond acceptors (Lipinski definition) is 3. The van der Waals surface area contributed by atoms with E-state index >= 15 is 0 Å². The van der Waals surface area contributed by atoms with Crippen LogP contribution in [0, 0.1) is 23.3 Å². The first kappa shape index (κ1) is 25.5. The van der Waals surface area contributed by atoms with Crippen molar-refractivity contribution in [3.8, 4) is 0 Å². The average molecular weight is 521 g/mol. The molecule has 36 heavy (non-hydrogen) atoms. The second-order valence-electron chi connectivity index (χ2n) is 8.41. The molecule has 0 aromatic heterocycles. The van der Waals surface area contributed by atoms with E-state index in [4.69, 9.17) is 17.4 Å². The zero-order valence-electron chi connectivity index (χ0n) is 19.2. The summed E-state index contributed by atoms with van der Waals surface area (Å²) in [5.74, 6) is 0.944. The first-order chi connectivity index (χ1) is 17.0. The van der Waals surface area contributed by atoms with Gasteiger partial charge in [-0.15, -0.1) is 0 Å². The van der Waals surface area contributed by atoms with Crippen LogP contribution in [-0.2, 0) is 13.1 Å². The largest absolute Gasteiger partial charge is 0.325 e. The Morgan fingerprint density at radius 2 is 1.69 bits per heavy atom. The predicted octanol–water partition coefficient (Wildman–Crippen LogP) is 5.55. The molecule has 0 fully saturated rings. The third-order valence-corrected chi connectivity index (χ3v) is 6.56. The van der Waals surface area contributed by atoms with E-state index in [9.17, 15) is 27.2 Å². The molecule has 0 radical (unpaired) electrons. The number of nitrogens with two attached hydrogens (primary N) is 1. The van der Waals surface area contributed by atoms with Crippen LogP contribution in [0.3, 0.4) is 0 Å². The number of anilines is 1. The molecular formula is C25H21ClF4N4O2. The van der Waals surface area contributed by atoms with E-state index in [1.807, 2.05) is 0 Å². The standard InChI is InChI=1S/C25H21ClF4N4O2/c1-13-16-7-6-14(24(35)34(31)12-18-21(29)9-15(27)10-22(18)30)8-23(16)33(25(36)32(13)2)11-17-19(26)4-3-5-20(17)28/h3-10,13H,11-12,31H2,1-2H3. The van der Waals surface area contributed by atoms with Gasteiger partial charge in [0.2, 0.25) is 0 Å². The van der Waals surface area contributed by atoms with Gasteiger partial charge in [-0.1, -0.05) is 23.7 Å². The summed E-state index contributed by atoms with van der Waals surface area (Å²) in [5.41, 5.74) is 0.560. The van der Waals surface area contributed by atoms with Crippen LogP contribution in [0.5, 0.6) is 0 Å². The second kappa shape index (κ2) is 9.79. The minimum absolute atomic E-state index is 0.0216. The molecule has 1 unspecified atom stereocenters. The van der Waals surface area contributed by atoms with Crippen LogP contribution >= 0.6 is 11.6 Å². The zero-order valence-corrected chi connectivity index (χ0v) is 20.0. The summed E-state index contributed by atoms with van der Waals surface area (Å²) in [7, 11) is 1.60. The summed E-state index contributed by atoms with van der Waals surface area (Å²) in [4.78, 5) is 28.9. The summed E-state index contributed by atoms with van der Waals surface area (Å²) in [6.45, 7) is 0.922. The van der Waals surface area contributed by atoms with Crippen molar-refractivity contribution in [2.24, 2.45) is 5.84 Å². The molecule has 3 amide bonds. The molecule has 1 aliphatic rings. The summed E-state index contributed by atoms with van der Waals surface area (Å²) >= 11 is 6.17. The third-order valence-electron chi connectivity index (χ3n) is 6.20. The summed E-state index contributed by atoms with van der Waals surface area (Å²) in [6.07, 6.45) is 0. The maximum atomic E-state index is 14.5. The number of carbonyl (C=O) groups excluding carboxylic acids is 2. The Morgan fingerprint density at radius 1 is 1.03 bits per heavy atom. The number of hydrogen-bond donors (Lipinski definition) is 1. The maximum Gasteiger partial charge on any atom is 0.325 e. The molecule has 188 valence electrons. The number of carbonyl (C=O) groups is 2. The first-order valence-corrected chi connectivity index (χ1v) is 11.2. The highest BCUT2D eigenvalue weighted by Gasteiger charge is 2.34. The normalized spacial score (nSPS) is 15.2. The lowest BCUT2D eigenvalue weighted by molar-refractivity contribution is 0.0739. The lowest BCUT2D eigenvalue weighted by Gasteiger charge is -2.40. The molecule has 3 aromatic rings. The molecule has 0 spiro atoms. The van der Waals surface area contributed by atoms with Gasteiger partial charge in [-0.25, -0.2) is 28.2 Å². The summed E-state index contributed by atoms with van der Waals surface area (Å²) in [5, 5.41) is 0.716. The van der Waals surface area contributed by atoms with Crippen LogP contribution < -0.4 is 10.7 Å². The second-order valence-corrected chi connectivity index (χ2v) is 8.82. The molecule has 0 aliphatic carbocycles. The average Bonchev–Trinajstić information content (AvgIpc) is 2.83. The molecule has 0 saturated heterocycles. The Kier molecular flexibility index (Phi) is 6.92. The van der Waals surface area contributed by atoms with Crippen molar-refractivity contribution in [1.29, 1.82) is 0 Å². The number of halogens is 5. The summed E-state index contributed by atoms with van der Waals surface area (Å²) < 4.78 is 55.8. The smallest absolute Gasteiger partial charge is 0.321 e. The van der Waals surface area contributed by atoms with Crippen LogP contribution in [0.4, 0.5) is 28.0 Å². The van der Waals surface area contributed by atoms with Crippen molar-refractivity contribution < 1.29 is 27.2 Å². The van der Waals surface area contributed by atoms with Crippen LogP contribution in [0.2, 0.25) is 5.02 Å². The van der Waals surface area contributed by atoms with Gasteiger partial charge in [0.15, 0.2) is 0 Å². The van der Waals surface area contributed by atoms with Gasteiger partial charge in [-0.3, -0.25) is 14.7 Å². The van der Waals surface area contributed by atoms with E-state index < -0.39 is 47.3 Å². The lowest BCUT2D eigenvalue weighted by Crippen LogP contribution is -2.47. The van der Waals surface area contributed by atoms with Crippen molar-refractivity contribution in [3.63, 3.8) is 0 Å². The highest BCUT2D eigenvalue weighted by Crippen LogP contribution is 2.38. The minimum Gasteiger partial charge on any atom is -0.321 e. The van der Waals surface area contributed by atoms with Crippen molar-refractivity contribution in [3.05, 3.63) is 99.1 Å². The van der Waals surface area contributed by atoms with Crippen molar-refractivity contribution >= 4 is 29.2 Å². The number of benzene rings is 3. The fourth-order valence-corrected chi connectivity index (χ4v) is 4.28. The predicted molar refractivity (Wildman–Crippen MR) is 126 cm³/mol. The Bertz CT molecular complexity index is 1330. The minimum atomic E-state index is -1.18. The van der Waals surface area contributed by atoms with Gasteiger partial charge in [0, 0.05) is 40.9 Å². The van der Waals surface area contributed by atoms with E-state index in [1.54, 1.807) is 20.0 Å². The van der Waals surface area contributed by atoms with Gasteiger partial charge < -0.3 is 4.90 Å². The number of urea groups is 1. The van der Waals surface area contributed by atoms with E-state index in [-0.39, 0.29) is 28.7 Å². The number of rotatable bonds is 5. The molecule has 0 bridgehead atoms. The van der Waals surface area contributed by atoms with E-state index in [0.717, 1.165) is 0 Å². The first-order valence-electron chi connectivity index (χ1n) is 10.8.